The van der Waals surface area contributed by atoms with Gasteiger partial charge < -0.3 is 5.11 Å². The second kappa shape index (κ2) is 5.30. The second-order valence-corrected chi connectivity index (χ2v) is 6.69. The Balaban J connectivity index is 2.10. The summed E-state index contributed by atoms with van der Waals surface area (Å²) in [5.41, 5.74) is 0.667. The lowest BCUT2D eigenvalue weighted by Crippen LogP contribution is -2.26. The van der Waals surface area contributed by atoms with Crippen LogP contribution in [0.4, 0.5) is 0 Å². The molecule has 1 saturated heterocycles. The summed E-state index contributed by atoms with van der Waals surface area (Å²) in [7, 11) is 1.47. The first-order valence-electron chi connectivity index (χ1n) is 5.53. The van der Waals surface area contributed by atoms with Crippen LogP contribution in [0.15, 0.2) is 4.34 Å². The minimum absolute atomic E-state index is 0.0679. The zero-order chi connectivity index (χ0) is 14.2. The summed E-state index contributed by atoms with van der Waals surface area (Å²) in [6.07, 6.45) is 0.106. The van der Waals surface area contributed by atoms with E-state index in [0.29, 0.717) is 14.9 Å². The molecule has 102 valence electrons. The van der Waals surface area contributed by atoms with Crippen LogP contribution in [0.3, 0.4) is 0 Å². The topological polar surface area (TPSA) is 87.6 Å². The fourth-order valence-electron chi connectivity index (χ4n) is 1.69. The number of aryl methyl sites for hydroxylation is 1. The smallest absolute Gasteiger partial charge is 0.308 e. The summed E-state index contributed by atoms with van der Waals surface area (Å²) >= 11 is 2.50. The number of thiazole rings is 1. The number of rotatable bonds is 4. The second-order valence-electron chi connectivity index (χ2n) is 4.16. The average Bonchev–Trinajstić information content (AvgIpc) is 2.76. The number of hydrogen-bond acceptors (Lipinski definition) is 6. The van der Waals surface area contributed by atoms with Crippen molar-refractivity contribution in [3.63, 3.8) is 0 Å². The summed E-state index contributed by atoms with van der Waals surface area (Å²) in [5.74, 6) is -1.32. The lowest BCUT2D eigenvalue weighted by atomic mass is 10.3. The third kappa shape index (κ3) is 2.95. The lowest BCUT2D eigenvalue weighted by Gasteiger charge is -2.06. The van der Waals surface area contributed by atoms with Gasteiger partial charge in [-0.1, -0.05) is 11.8 Å². The number of carboxylic acids is 1. The molecule has 1 N–H and O–H groups in total. The van der Waals surface area contributed by atoms with Crippen molar-refractivity contribution in [1.82, 2.24) is 9.88 Å². The number of hydrogen-bond donors (Lipinski definition) is 1. The van der Waals surface area contributed by atoms with Crippen LogP contribution in [0.25, 0.3) is 0 Å². The molecule has 1 aromatic heterocycles. The molecule has 2 heterocycles. The minimum atomic E-state index is -0.907. The molecule has 1 aliphatic rings. The molecule has 1 aliphatic heterocycles. The van der Waals surface area contributed by atoms with Crippen LogP contribution in [-0.2, 0) is 20.8 Å². The van der Waals surface area contributed by atoms with Gasteiger partial charge in [-0.3, -0.25) is 19.3 Å². The maximum atomic E-state index is 11.8. The molecule has 1 atom stereocenters. The molecule has 2 amide bonds. The highest BCUT2D eigenvalue weighted by Crippen LogP contribution is 2.34. The molecule has 0 aromatic carbocycles. The van der Waals surface area contributed by atoms with E-state index >= 15 is 0 Å². The Morgan fingerprint density at radius 2 is 2.26 bits per heavy atom. The van der Waals surface area contributed by atoms with E-state index in [-0.39, 0.29) is 24.7 Å². The summed E-state index contributed by atoms with van der Waals surface area (Å²) in [6.45, 7) is 1.74. The lowest BCUT2D eigenvalue weighted by molar-refractivity contribution is -0.137. The normalized spacial score (nSPS) is 19.3. The largest absolute Gasteiger partial charge is 0.481 e. The van der Waals surface area contributed by atoms with Crippen molar-refractivity contribution in [2.45, 2.75) is 29.4 Å². The number of amides is 2. The number of thioether (sulfide) groups is 1. The summed E-state index contributed by atoms with van der Waals surface area (Å²) < 4.78 is 0.634. The van der Waals surface area contributed by atoms with E-state index in [1.165, 1.54) is 30.1 Å². The van der Waals surface area contributed by atoms with Gasteiger partial charge in [0.1, 0.15) is 0 Å². The highest BCUT2D eigenvalue weighted by atomic mass is 32.2. The third-order valence-electron chi connectivity index (χ3n) is 2.77. The Labute approximate surface area is 117 Å². The molecule has 0 saturated carbocycles. The molecule has 0 radical (unpaired) electrons. The molecule has 0 bridgehead atoms. The Hall–Kier alpha value is -1.41. The Bertz CT molecular complexity index is 555. The van der Waals surface area contributed by atoms with E-state index in [4.69, 9.17) is 5.11 Å². The van der Waals surface area contributed by atoms with E-state index in [0.717, 1.165) is 4.90 Å². The van der Waals surface area contributed by atoms with Gasteiger partial charge in [0, 0.05) is 18.3 Å². The number of likely N-dealkylation sites (tertiary alicyclic amines) is 1. The maximum Gasteiger partial charge on any atom is 0.308 e. The van der Waals surface area contributed by atoms with Gasteiger partial charge in [-0.05, 0) is 6.92 Å². The van der Waals surface area contributed by atoms with Crippen LogP contribution in [0, 0.1) is 6.92 Å². The van der Waals surface area contributed by atoms with Crippen molar-refractivity contribution in [2.24, 2.45) is 0 Å². The van der Waals surface area contributed by atoms with Gasteiger partial charge in [0.15, 0.2) is 4.34 Å². The standard InChI is InChI=1S/C11H12N2O4S2/c1-5-6(4-9(15)16)18-11(12-5)19-7-3-8(14)13(2)10(7)17/h7H,3-4H2,1-2H3,(H,15,16). The van der Waals surface area contributed by atoms with Crippen LogP contribution in [0.2, 0.25) is 0 Å². The van der Waals surface area contributed by atoms with Crippen molar-refractivity contribution in [1.29, 1.82) is 0 Å². The van der Waals surface area contributed by atoms with Gasteiger partial charge in [0.2, 0.25) is 11.8 Å². The molecule has 6 nitrogen and oxygen atoms in total. The zero-order valence-electron chi connectivity index (χ0n) is 10.4. The van der Waals surface area contributed by atoms with E-state index in [1.807, 2.05) is 0 Å². The molecule has 1 unspecified atom stereocenters. The van der Waals surface area contributed by atoms with Crippen LogP contribution in [0.5, 0.6) is 0 Å². The number of aromatic nitrogens is 1. The fraction of sp³-hybridized carbons (Fsp3) is 0.455. The molecule has 0 spiro atoms. The van der Waals surface area contributed by atoms with Crippen molar-refractivity contribution >= 4 is 40.9 Å². The van der Waals surface area contributed by atoms with Gasteiger partial charge in [-0.25, -0.2) is 4.98 Å². The molecular formula is C11H12N2O4S2. The zero-order valence-corrected chi connectivity index (χ0v) is 12.0. The van der Waals surface area contributed by atoms with Gasteiger partial charge in [0.05, 0.1) is 17.4 Å². The van der Waals surface area contributed by atoms with Gasteiger partial charge >= 0.3 is 5.97 Å². The van der Waals surface area contributed by atoms with Gasteiger partial charge in [-0.15, -0.1) is 11.3 Å². The number of aliphatic carboxylic acids is 1. The van der Waals surface area contributed by atoms with Crippen molar-refractivity contribution in [3.05, 3.63) is 10.6 Å². The summed E-state index contributed by atoms with van der Waals surface area (Å²) in [5, 5.41) is 8.32. The van der Waals surface area contributed by atoms with Crippen molar-refractivity contribution in [2.75, 3.05) is 7.05 Å². The van der Waals surface area contributed by atoms with E-state index in [1.54, 1.807) is 6.92 Å². The monoisotopic (exact) mass is 300 g/mol. The first-order valence-corrected chi connectivity index (χ1v) is 7.23. The number of imide groups is 1. The number of carbonyl (C=O) groups excluding carboxylic acids is 2. The van der Waals surface area contributed by atoms with Gasteiger partial charge in [0.25, 0.3) is 0 Å². The molecule has 1 fully saturated rings. The molecule has 19 heavy (non-hydrogen) atoms. The van der Waals surface area contributed by atoms with Crippen LogP contribution in [0.1, 0.15) is 17.0 Å². The van der Waals surface area contributed by atoms with Crippen molar-refractivity contribution in [3.8, 4) is 0 Å². The van der Waals surface area contributed by atoms with Gasteiger partial charge in [-0.2, -0.15) is 0 Å². The Kier molecular flexibility index (Phi) is 3.91. The van der Waals surface area contributed by atoms with E-state index < -0.39 is 11.2 Å². The number of carbonyl (C=O) groups is 3. The summed E-state index contributed by atoms with van der Waals surface area (Å²) in [6, 6.07) is 0. The van der Waals surface area contributed by atoms with Crippen LogP contribution < -0.4 is 0 Å². The number of nitrogens with zero attached hydrogens (tertiary/aromatic N) is 2. The summed E-state index contributed by atoms with van der Waals surface area (Å²) in [4.78, 5) is 39.9. The minimum Gasteiger partial charge on any atom is -0.481 e. The van der Waals surface area contributed by atoms with Crippen LogP contribution in [-0.4, -0.2) is 45.1 Å². The van der Waals surface area contributed by atoms with E-state index in [9.17, 15) is 14.4 Å². The Morgan fingerprint density at radius 1 is 1.58 bits per heavy atom. The molecule has 0 aliphatic carbocycles. The molecule has 8 heteroatoms. The Morgan fingerprint density at radius 3 is 2.79 bits per heavy atom. The highest BCUT2D eigenvalue weighted by Gasteiger charge is 2.37. The quantitative estimate of drug-likeness (QED) is 0.832. The molecular weight excluding hydrogens is 288 g/mol. The van der Waals surface area contributed by atoms with Crippen molar-refractivity contribution < 1.29 is 19.5 Å². The SMILES string of the molecule is Cc1nc(SC2CC(=O)N(C)C2=O)sc1CC(=O)O. The maximum absolute atomic E-state index is 11.8. The average molecular weight is 300 g/mol. The first-order chi connectivity index (χ1) is 8.88. The fourth-order valence-corrected chi connectivity index (χ4v) is 4.23. The number of carboxylic acid groups (broad SMARTS) is 1. The predicted molar refractivity (Wildman–Crippen MR) is 70.2 cm³/mol. The third-order valence-corrected chi connectivity index (χ3v) is 5.20. The molecule has 2 rings (SSSR count). The van der Waals surface area contributed by atoms with Crippen LogP contribution >= 0.6 is 23.1 Å². The first kappa shape index (κ1) is 14.0. The van der Waals surface area contributed by atoms with E-state index in [2.05, 4.69) is 4.98 Å². The predicted octanol–water partition coefficient (Wildman–Crippen LogP) is 0.928. The highest BCUT2D eigenvalue weighted by molar-refractivity contribution is 8.02. The molecule has 1 aromatic rings.